The quantitative estimate of drug-likeness (QED) is 0.868. The van der Waals surface area contributed by atoms with Crippen LogP contribution in [-0.2, 0) is 0 Å². The van der Waals surface area contributed by atoms with Gasteiger partial charge in [0.05, 0.1) is 0 Å². The number of likely N-dealkylation sites (tertiary alicyclic amines) is 1. The van der Waals surface area contributed by atoms with Gasteiger partial charge in [-0.1, -0.05) is 32.0 Å². The Morgan fingerprint density at radius 3 is 2.67 bits per heavy atom. The molecule has 2 rings (SSSR count). The molecule has 100 valence electrons. The van der Waals surface area contributed by atoms with E-state index in [0.29, 0.717) is 18.6 Å². The number of rotatable bonds is 5. The van der Waals surface area contributed by atoms with Crippen molar-refractivity contribution in [1.82, 2.24) is 4.90 Å². The average Bonchev–Trinajstić information content (AvgIpc) is 2.67. The van der Waals surface area contributed by atoms with Crippen molar-refractivity contribution in [2.45, 2.75) is 26.4 Å². The molecule has 1 aliphatic rings. The van der Waals surface area contributed by atoms with Crippen LogP contribution in [0.3, 0.4) is 0 Å². The van der Waals surface area contributed by atoms with Crippen molar-refractivity contribution < 1.29 is 9.84 Å². The molecule has 1 aliphatic heterocycles. The van der Waals surface area contributed by atoms with E-state index < -0.39 is 6.10 Å². The molecule has 1 aromatic rings. The summed E-state index contributed by atoms with van der Waals surface area (Å²) in [5.41, 5.74) is 0.389. The number of aliphatic hydroxyl groups is 1. The van der Waals surface area contributed by atoms with Gasteiger partial charge in [-0.25, -0.2) is 0 Å². The van der Waals surface area contributed by atoms with Gasteiger partial charge in [-0.15, -0.1) is 0 Å². The molecule has 0 aromatic heterocycles. The fourth-order valence-electron chi connectivity index (χ4n) is 2.44. The van der Waals surface area contributed by atoms with E-state index >= 15 is 0 Å². The summed E-state index contributed by atoms with van der Waals surface area (Å²) >= 11 is 0. The van der Waals surface area contributed by atoms with E-state index in [9.17, 15) is 5.11 Å². The smallest absolute Gasteiger partial charge is 0.119 e. The first-order chi connectivity index (χ1) is 8.55. The maximum Gasteiger partial charge on any atom is 0.119 e. The monoisotopic (exact) mass is 249 g/mol. The molecule has 0 aliphatic carbocycles. The van der Waals surface area contributed by atoms with Gasteiger partial charge in [0, 0.05) is 13.1 Å². The van der Waals surface area contributed by atoms with Gasteiger partial charge >= 0.3 is 0 Å². The second-order valence-corrected chi connectivity index (χ2v) is 5.93. The molecule has 0 bridgehead atoms. The minimum absolute atomic E-state index is 0.362. The van der Waals surface area contributed by atoms with E-state index in [1.54, 1.807) is 0 Å². The lowest BCUT2D eigenvalue weighted by Gasteiger charge is -2.22. The Labute approximate surface area is 109 Å². The number of ether oxygens (including phenoxy) is 1. The molecule has 3 heteroatoms. The molecule has 0 radical (unpaired) electrons. The molecule has 18 heavy (non-hydrogen) atoms. The molecule has 1 atom stereocenters. The molecule has 0 saturated carbocycles. The summed E-state index contributed by atoms with van der Waals surface area (Å²) in [4.78, 5) is 2.32. The Bertz CT molecular complexity index is 364. The highest BCUT2D eigenvalue weighted by Gasteiger charge is 2.29. The first kappa shape index (κ1) is 13.4. The van der Waals surface area contributed by atoms with Gasteiger partial charge in [-0.2, -0.15) is 0 Å². The van der Waals surface area contributed by atoms with Crippen molar-refractivity contribution in [3.8, 4) is 5.75 Å². The van der Waals surface area contributed by atoms with Crippen molar-refractivity contribution in [3.63, 3.8) is 0 Å². The van der Waals surface area contributed by atoms with Crippen molar-refractivity contribution in [1.29, 1.82) is 0 Å². The van der Waals surface area contributed by atoms with E-state index in [1.165, 1.54) is 6.42 Å². The Kier molecular flexibility index (Phi) is 4.25. The maximum absolute atomic E-state index is 9.97. The van der Waals surface area contributed by atoms with Gasteiger partial charge in [0.1, 0.15) is 18.5 Å². The summed E-state index contributed by atoms with van der Waals surface area (Å²) < 4.78 is 5.55. The Morgan fingerprint density at radius 2 is 2.06 bits per heavy atom. The van der Waals surface area contributed by atoms with Gasteiger partial charge in [-0.05, 0) is 30.5 Å². The van der Waals surface area contributed by atoms with E-state index in [1.807, 2.05) is 30.3 Å². The van der Waals surface area contributed by atoms with Gasteiger partial charge < -0.3 is 14.7 Å². The normalized spacial score (nSPS) is 20.8. The van der Waals surface area contributed by atoms with E-state index in [2.05, 4.69) is 18.7 Å². The van der Waals surface area contributed by atoms with Crippen LogP contribution in [0.15, 0.2) is 30.3 Å². The summed E-state index contributed by atoms with van der Waals surface area (Å²) in [6.45, 7) is 7.77. The summed E-state index contributed by atoms with van der Waals surface area (Å²) in [6.07, 6.45) is 0.790. The first-order valence-corrected chi connectivity index (χ1v) is 6.63. The molecule has 1 heterocycles. The average molecular weight is 249 g/mol. The molecular weight excluding hydrogens is 226 g/mol. The minimum Gasteiger partial charge on any atom is -0.491 e. The molecule has 0 spiro atoms. The molecule has 1 N–H and O–H groups in total. The number of nitrogens with zero attached hydrogens (tertiary/aromatic N) is 1. The van der Waals surface area contributed by atoms with Crippen LogP contribution in [0.4, 0.5) is 0 Å². The van der Waals surface area contributed by atoms with Crippen molar-refractivity contribution in [2.24, 2.45) is 5.41 Å². The van der Waals surface area contributed by atoms with E-state index in [4.69, 9.17) is 4.74 Å². The molecule has 1 saturated heterocycles. The first-order valence-electron chi connectivity index (χ1n) is 6.63. The SMILES string of the molecule is CC1(C)CCN(CC(O)COc2ccccc2)C1. The van der Waals surface area contributed by atoms with Crippen LogP contribution in [0.2, 0.25) is 0 Å². The van der Waals surface area contributed by atoms with Crippen LogP contribution in [0.1, 0.15) is 20.3 Å². The van der Waals surface area contributed by atoms with Crippen molar-refractivity contribution >= 4 is 0 Å². The van der Waals surface area contributed by atoms with E-state index in [-0.39, 0.29) is 0 Å². The predicted molar refractivity (Wildman–Crippen MR) is 72.8 cm³/mol. The van der Waals surface area contributed by atoms with Gasteiger partial charge in [0.2, 0.25) is 0 Å². The summed E-state index contributed by atoms with van der Waals surface area (Å²) in [5, 5.41) is 9.97. The minimum atomic E-state index is -0.417. The molecule has 1 unspecified atom stereocenters. The van der Waals surface area contributed by atoms with Gasteiger partial charge in [-0.3, -0.25) is 0 Å². The number of hydrogen-bond acceptors (Lipinski definition) is 3. The molecule has 1 aromatic carbocycles. The zero-order chi connectivity index (χ0) is 13.0. The lowest BCUT2D eigenvalue weighted by atomic mass is 9.93. The lowest BCUT2D eigenvalue weighted by molar-refractivity contribution is 0.0730. The van der Waals surface area contributed by atoms with Crippen molar-refractivity contribution in [2.75, 3.05) is 26.2 Å². The second kappa shape index (κ2) is 5.72. The molecule has 0 amide bonds. The van der Waals surface area contributed by atoms with E-state index in [0.717, 1.165) is 18.8 Å². The molecular formula is C15H23NO2. The standard InChI is InChI=1S/C15H23NO2/c1-15(2)8-9-16(12-15)10-13(17)11-18-14-6-4-3-5-7-14/h3-7,13,17H,8-12H2,1-2H3. The fraction of sp³-hybridized carbons (Fsp3) is 0.600. The third-order valence-electron chi connectivity index (χ3n) is 3.41. The second-order valence-electron chi connectivity index (χ2n) is 5.93. The van der Waals surface area contributed by atoms with Gasteiger partial charge in [0.15, 0.2) is 0 Å². The number of para-hydroxylation sites is 1. The highest BCUT2D eigenvalue weighted by molar-refractivity contribution is 5.20. The summed E-state index contributed by atoms with van der Waals surface area (Å²) in [6, 6.07) is 9.64. The number of aliphatic hydroxyl groups excluding tert-OH is 1. The molecule has 1 fully saturated rings. The Hall–Kier alpha value is -1.06. The van der Waals surface area contributed by atoms with Crippen LogP contribution in [-0.4, -0.2) is 42.4 Å². The predicted octanol–water partition coefficient (Wildman–Crippen LogP) is 2.16. The summed E-state index contributed by atoms with van der Waals surface area (Å²) in [7, 11) is 0. The Balaban J connectivity index is 1.71. The fourth-order valence-corrected chi connectivity index (χ4v) is 2.44. The zero-order valence-electron chi connectivity index (χ0n) is 11.3. The molecule has 3 nitrogen and oxygen atoms in total. The number of benzene rings is 1. The lowest BCUT2D eigenvalue weighted by Crippen LogP contribution is -2.35. The van der Waals surface area contributed by atoms with Crippen LogP contribution in [0.5, 0.6) is 5.75 Å². The van der Waals surface area contributed by atoms with Crippen LogP contribution >= 0.6 is 0 Å². The zero-order valence-corrected chi connectivity index (χ0v) is 11.3. The van der Waals surface area contributed by atoms with Crippen LogP contribution in [0.25, 0.3) is 0 Å². The Morgan fingerprint density at radius 1 is 1.33 bits per heavy atom. The maximum atomic E-state index is 9.97. The number of β-amino-alcohol motifs (C(OH)–C–C–N with tert-alkyl or cyclic N) is 1. The topological polar surface area (TPSA) is 32.7 Å². The van der Waals surface area contributed by atoms with Crippen molar-refractivity contribution in [3.05, 3.63) is 30.3 Å². The number of hydrogen-bond donors (Lipinski definition) is 1. The van der Waals surface area contributed by atoms with Crippen LogP contribution in [0, 0.1) is 5.41 Å². The van der Waals surface area contributed by atoms with Gasteiger partial charge in [0.25, 0.3) is 0 Å². The largest absolute Gasteiger partial charge is 0.491 e. The summed E-state index contributed by atoms with van der Waals surface area (Å²) in [5.74, 6) is 0.818. The third-order valence-corrected chi connectivity index (χ3v) is 3.41. The third kappa shape index (κ3) is 4.00. The highest BCUT2D eigenvalue weighted by Crippen LogP contribution is 2.28. The highest BCUT2D eigenvalue weighted by atomic mass is 16.5. The van der Waals surface area contributed by atoms with Crippen LogP contribution < -0.4 is 4.74 Å².